The largest absolute Gasteiger partial charge is 0.477 e. The summed E-state index contributed by atoms with van der Waals surface area (Å²) in [7, 11) is 0. The van der Waals surface area contributed by atoms with Crippen molar-refractivity contribution in [3.63, 3.8) is 0 Å². The topological polar surface area (TPSA) is 54.6 Å². The molecule has 1 aromatic carbocycles. The van der Waals surface area contributed by atoms with E-state index in [-0.39, 0.29) is 21.7 Å². The molecule has 0 amide bonds. The maximum Gasteiger partial charge on any atom is 0.347 e. The molecule has 4 nitrogen and oxygen atoms in total. The van der Waals surface area contributed by atoms with E-state index < -0.39 is 17.6 Å². The van der Waals surface area contributed by atoms with Gasteiger partial charge in [-0.25, -0.2) is 18.6 Å². The lowest BCUT2D eigenvalue weighted by atomic mass is 10.1. The van der Waals surface area contributed by atoms with Crippen molar-refractivity contribution in [2.75, 3.05) is 0 Å². The summed E-state index contributed by atoms with van der Waals surface area (Å²) in [5, 5.41) is 9.04. The average Bonchev–Trinajstić information content (AvgIpc) is 2.94. The second kappa shape index (κ2) is 4.63. The molecule has 7 heteroatoms. The van der Waals surface area contributed by atoms with Gasteiger partial charge in [0.1, 0.15) is 16.5 Å². The van der Waals surface area contributed by atoms with Gasteiger partial charge in [-0.15, -0.1) is 0 Å². The third-order valence-corrected chi connectivity index (χ3v) is 4.42. The molecule has 2 aromatic heterocycles. The number of aromatic carboxylic acids is 1. The summed E-state index contributed by atoms with van der Waals surface area (Å²) in [6, 6.07) is 2.22. The number of carboxylic acid groups (broad SMARTS) is 1. The molecule has 0 saturated carbocycles. The maximum absolute atomic E-state index is 14.0. The van der Waals surface area contributed by atoms with Crippen LogP contribution in [0.1, 0.15) is 20.9 Å². The molecule has 0 aliphatic carbocycles. The standard InChI is InChI=1S/C14H10F2N2O2S/c1-6-3-10(16)8(4-9(6)15)11-5-18-7(2)12(13(19)20)21-14(18)17-11/h3-5H,1-2H3,(H,19,20). The first-order valence-corrected chi connectivity index (χ1v) is 6.88. The van der Waals surface area contributed by atoms with Gasteiger partial charge in [0, 0.05) is 17.5 Å². The molecular weight excluding hydrogens is 298 g/mol. The van der Waals surface area contributed by atoms with Crippen LogP contribution in [0.4, 0.5) is 8.78 Å². The third-order valence-electron chi connectivity index (χ3n) is 3.28. The van der Waals surface area contributed by atoms with E-state index in [1.807, 2.05) is 0 Å². The van der Waals surface area contributed by atoms with Crippen LogP contribution < -0.4 is 0 Å². The summed E-state index contributed by atoms with van der Waals surface area (Å²) in [4.78, 5) is 15.8. The molecule has 0 radical (unpaired) electrons. The summed E-state index contributed by atoms with van der Waals surface area (Å²) in [5.41, 5.74) is 1.07. The Morgan fingerprint density at radius 2 is 2.00 bits per heavy atom. The molecule has 2 heterocycles. The number of aromatic nitrogens is 2. The average molecular weight is 308 g/mol. The fraction of sp³-hybridized carbons (Fsp3) is 0.143. The first kappa shape index (κ1) is 13.7. The highest BCUT2D eigenvalue weighted by Crippen LogP contribution is 2.29. The van der Waals surface area contributed by atoms with Crippen LogP contribution in [0.5, 0.6) is 0 Å². The van der Waals surface area contributed by atoms with Crippen molar-refractivity contribution in [3.05, 3.63) is 46.1 Å². The molecule has 0 bridgehead atoms. The number of nitrogens with zero attached hydrogens (tertiary/aromatic N) is 2. The van der Waals surface area contributed by atoms with E-state index in [2.05, 4.69) is 4.98 Å². The number of hydrogen-bond donors (Lipinski definition) is 1. The number of rotatable bonds is 2. The molecule has 1 N–H and O–H groups in total. The molecule has 21 heavy (non-hydrogen) atoms. The van der Waals surface area contributed by atoms with Crippen LogP contribution >= 0.6 is 11.3 Å². The number of halogens is 2. The summed E-state index contributed by atoms with van der Waals surface area (Å²) in [5.74, 6) is -2.10. The van der Waals surface area contributed by atoms with Crippen LogP contribution in [-0.4, -0.2) is 20.5 Å². The zero-order valence-corrected chi connectivity index (χ0v) is 12.0. The Kier molecular flexibility index (Phi) is 3.02. The smallest absolute Gasteiger partial charge is 0.347 e. The molecule has 108 valence electrons. The van der Waals surface area contributed by atoms with Crippen LogP contribution in [0.2, 0.25) is 0 Å². The number of thiazole rings is 1. The Balaban J connectivity index is 2.19. The van der Waals surface area contributed by atoms with Gasteiger partial charge in [0.05, 0.1) is 5.69 Å². The molecule has 3 aromatic rings. The Bertz CT molecular complexity index is 883. The molecule has 0 aliphatic heterocycles. The quantitative estimate of drug-likeness (QED) is 0.786. The number of benzene rings is 1. The molecular formula is C14H10F2N2O2S. The number of aryl methyl sites for hydroxylation is 2. The monoisotopic (exact) mass is 308 g/mol. The molecule has 0 aliphatic rings. The van der Waals surface area contributed by atoms with Crippen molar-refractivity contribution < 1.29 is 18.7 Å². The predicted octanol–water partition coefficient (Wildman–Crippen LogP) is 3.66. The second-order valence-electron chi connectivity index (χ2n) is 4.68. The van der Waals surface area contributed by atoms with Crippen molar-refractivity contribution in [1.82, 2.24) is 9.38 Å². The molecule has 3 rings (SSSR count). The van der Waals surface area contributed by atoms with Gasteiger partial charge < -0.3 is 5.11 Å². The summed E-state index contributed by atoms with van der Waals surface area (Å²) in [6.45, 7) is 3.13. The zero-order chi connectivity index (χ0) is 15.3. The fourth-order valence-corrected chi connectivity index (χ4v) is 3.07. The number of carboxylic acids is 1. The van der Waals surface area contributed by atoms with Crippen LogP contribution in [0, 0.1) is 25.5 Å². The summed E-state index contributed by atoms with van der Waals surface area (Å²) < 4.78 is 29.1. The minimum atomic E-state index is -1.03. The molecule has 0 fully saturated rings. The first-order valence-electron chi connectivity index (χ1n) is 6.06. The van der Waals surface area contributed by atoms with Crippen molar-refractivity contribution in [2.45, 2.75) is 13.8 Å². The van der Waals surface area contributed by atoms with Gasteiger partial charge in [-0.3, -0.25) is 4.40 Å². The van der Waals surface area contributed by atoms with Crippen LogP contribution in [-0.2, 0) is 0 Å². The summed E-state index contributed by atoms with van der Waals surface area (Å²) in [6.07, 6.45) is 1.51. The van der Waals surface area contributed by atoms with Gasteiger partial charge in [-0.2, -0.15) is 0 Å². The van der Waals surface area contributed by atoms with Crippen LogP contribution in [0.15, 0.2) is 18.3 Å². The van der Waals surface area contributed by atoms with Crippen molar-refractivity contribution in [1.29, 1.82) is 0 Å². The lowest BCUT2D eigenvalue weighted by Gasteiger charge is -2.02. The highest BCUT2D eigenvalue weighted by atomic mass is 32.1. The van der Waals surface area contributed by atoms with E-state index in [0.717, 1.165) is 23.5 Å². The number of hydrogen-bond acceptors (Lipinski definition) is 3. The Morgan fingerprint density at radius 1 is 1.29 bits per heavy atom. The van der Waals surface area contributed by atoms with Gasteiger partial charge in [-0.05, 0) is 31.5 Å². The van der Waals surface area contributed by atoms with E-state index >= 15 is 0 Å². The SMILES string of the molecule is Cc1cc(F)c(-c2cn3c(C)c(C(=O)O)sc3n2)cc1F. The lowest BCUT2D eigenvalue weighted by Crippen LogP contribution is -1.96. The van der Waals surface area contributed by atoms with Gasteiger partial charge >= 0.3 is 5.97 Å². The van der Waals surface area contributed by atoms with E-state index in [1.54, 1.807) is 11.3 Å². The van der Waals surface area contributed by atoms with Gasteiger partial charge in [0.15, 0.2) is 4.96 Å². The van der Waals surface area contributed by atoms with Crippen LogP contribution in [0.25, 0.3) is 16.2 Å². The zero-order valence-electron chi connectivity index (χ0n) is 11.1. The van der Waals surface area contributed by atoms with Gasteiger partial charge in [0.25, 0.3) is 0 Å². The van der Waals surface area contributed by atoms with E-state index in [4.69, 9.17) is 5.11 Å². The minimum absolute atomic E-state index is 0.0604. The van der Waals surface area contributed by atoms with Gasteiger partial charge in [0.2, 0.25) is 0 Å². The summed E-state index contributed by atoms with van der Waals surface area (Å²) >= 11 is 0.997. The number of fused-ring (bicyclic) bond motifs is 1. The minimum Gasteiger partial charge on any atom is -0.477 e. The molecule has 0 saturated heterocycles. The normalized spacial score (nSPS) is 11.2. The van der Waals surface area contributed by atoms with Crippen LogP contribution in [0.3, 0.4) is 0 Å². The predicted molar refractivity (Wildman–Crippen MR) is 74.9 cm³/mol. The van der Waals surface area contributed by atoms with Crippen molar-refractivity contribution in [2.24, 2.45) is 0 Å². The maximum atomic E-state index is 14.0. The van der Waals surface area contributed by atoms with E-state index in [9.17, 15) is 13.6 Å². The number of imidazole rings is 1. The highest BCUT2D eigenvalue weighted by Gasteiger charge is 2.19. The van der Waals surface area contributed by atoms with Crippen molar-refractivity contribution in [3.8, 4) is 11.3 Å². The third kappa shape index (κ3) is 2.09. The Hall–Kier alpha value is -2.28. The second-order valence-corrected chi connectivity index (χ2v) is 5.66. The van der Waals surface area contributed by atoms with E-state index in [0.29, 0.717) is 10.7 Å². The van der Waals surface area contributed by atoms with Gasteiger partial charge in [-0.1, -0.05) is 11.3 Å². The highest BCUT2D eigenvalue weighted by molar-refractivity contribution is 7.19. The number of carbonyl (C=O) groups is 1. The lowest BCUT2D eigenvalue weighted by molar-refractivity contribution is 0.0701. The molecule has 0 spiro atoms. The Morgan fingerprint density at radius 3 is 2.62 bits per heavy atom. The molecule has 0 atom stereocenters. The van der Waals surface area contributed by atoms with E-state index in [1.165, 1.54) is 13.1 Å². The molecule has 0 unspecified atom stereocenters. The fourth-order valence-electron chi connectivity index (χ4n) is 2.12. The first-order chi connectivity index (χ1) is 9.88. The van der Waals surface area contributed by atoms with Crippen molar-refractivity contribution >= 4 is 22.3 Å². The Labute approximate surface area is 122 Å².